The first-order chi connectivity index (χ1) is 12.1. The van der Waals surface area contributed by atoms with Gasteiger partial charge < -0.3 is 14.7 Å². The zero-order chi connectivity index (χ0) is 17.6. The molecule has 0 bridgehead atoms. The van der Waals surface area contributed by atoms with Gasteiger partial charge in [0.25, 0.3) is 0 Å². The van der Waals surface area contributed by atoms with Crippen molar-refractivity contribution in [2.24, 2.45) is 0 Å². The molecule has 3 rings (SSSR count). The molecule has 0 aromatic heterocycles. The van der Waals surface area contributed by atoms with Crippen molar-refractivity contribution in [1.29, 1.82) is 0 Å². The largest absolute Gasteiger partial charge is 0.478 e. The molecular weight excluding hydrogens is 318 g/mol. The Morgan fingerprint density at radius 2 is 1.60 bits per heavy atom. The Morgan fingerprint density at radius 3 is 2.20 bits per heavy atom. The standard InChI is InChI=1S/C20H25NO4/c22-19(10-7-15-5-8-16(9-6-15)20(23)24)21-13-11-18(12-14-21)25-17-3-1-2-4-17/h5-10,17-18H,1-4,11-14H2,(H,23,24)/b10-7+. The van der Waals surface area contributed by atoms with Crippen molar-refractivity contribution in [3.8, 4) is 0 Å². The molecule has 0 atom stereocenters. The minimum absolute atomic E-state index is 0.00151. The maximum absolute atomic E-state index is 12.3. The smallest absolute Gasteiger partial charge is 0.335 e. The van der Waals surface area contributed by atoms with Crippen LogP contribution in [0, 0.1) is 0 Å². The molecule has 1 N–H and O–H groups in total. The van der Waals surface area contributed by atoms with E-state index in [0.29, 0.717) is 12.2 Å². The molecule has 2 fully saturated rings. The zero-order valence-corrected chi connectivity index (χ0v) is 14.4. The number of benzene rings is 1. The van der Waals surface area contributed by atoms with Gasteiger partial charge in [0.15, 0.2) is 0 Å². The summed E-state index contributed by atoms with van der Waals surface area (Å²) in [5.41, 5.74) is 1.06. The van der Waals surface area contributed by atoms with Crippen LogP contribution < -0.4 is 0 Å². The SMILES string of the molecule is O=C(O)c1ccc(/C=C/C(=O)N2CCC(OC3CCCC3)CC2)cc1. The quantitative estimate of drug-likeness (QED) is 0.833. The van der Waals surface area contributed by atoms with Crippen molar-refractivity contribution in [3.05, 3.63) is 41.5 Å². The lowest BCUT2D eigenvalue weighted by molar-refractivity contribution is -0.129. The van der Waals surface area contributed by atoms with Crippen LogP contribution in [-0.4, -0.2) is 47.2 Å². The number of carbonyl (C=O) groups is 2. The average Bonchev–Trinajstić information content (AvgIpc) is 3.13. The fourth-order valence-electron chi connectivity index (χ4n) is 3.52. The Balaban J connectivity index is 1.46. The lowest BCUT2D eigenvalue weighted by atomic mass is 10.1. The molecule has 2 aliphatic rings. The molecule has 1 aliphatic carbocycles. The first-order valence-electron chi connectivity index (χ1n) is 9.07. The van der Waals surface area contributed by atoms with Crippen molar-refractivity contribution in [1.82, 2.24) is 4.90 Å². The summed E-state index contributed by atoms with van der Waals surface area (Å²) in [6.07, 6.45) is 10.8. The predicted octanol–water partition coefficient (Wildman–Crippen LogP) is 3.35. The van der Waals surface area contributed by atoms with Gasteiger partial charge in [-0.15, -0.1) is 0 Å². The number of amides is 1. The summed E-state index contributed by atoms with van der Waals surface area (Å²) in [7, 11) is 0. The molecule has 0 spiro atoms. The fraction of sp³-hybridized carbons (Fsp3) is 0.500. The van der Waals surface area contributed by atoms with Crippen LogP contribution in [0.5, 0.6) is 0 Å². The van der Waals surface area contributed by atoms with E-state index in [9.17, 15) is 9.59 Å². The summed E-state index contributed by atoms with van der Waals surface area (Å²) in [5, 5.41) is 8.89. The van der Waals surface area contributed by atoms with Crippen LogP contribution in [0.15, 0.2) is 30.3 Å². The molecule has 1 saturated heterocycles. The van der Waals surface area contributed by atoms with Crippen molar-refractivity contribution >= 4 is 18.0 Å². The first-order valence-corrected chi connectivity index (χ1v) is 9.07. The van der Waals surface area contributed by atoms with Crippen LogP contribution in [0.3, 0.4) is 0 Å². The van der Waals surface area contributed by atoms with Crippen LogP contribution in [0.2, 0.25) is 0 Å². The number of hydrogen-bond donors (Lipinski definition) is 1. The molecular formula is C20H25NO4. The van der Waals surface area contributed by atoms with Gasteiger partial charge in [0.2, 0.25) is 5.91 Å². The second kappa shape index (κ2) is 8.30. The summed E-state index contributed by atoms with van der Waals surface area (Å²) in [6.45, 7) is 1.47. The number of carbonyl (C=O) groups excluding carboxylic acids is 1. The molecule has 1 aromatic rings. The second-order valence-electron chi connectivity index (χ2n) is 6.83. The number of piperidine rings is 1. The summed E-state index contributed by atoms with van der Waals surface area (Å²) in [4.78, 5) is 25.0. The van der Waals surface area contributed by atoms with Crippen molar-refractivity contribution in [2.45, 2.75) is 50.7 Å². The Bertz CT molecular complexity index is 624. The molecule has 1 aromatic carbocycles. The number of carboxylic acid groups (broad SMARTS) is 1. The summed E-state index contributed by atoms with van der Waals surface area (Å²) in [6, 6.07) is 6.49. The van der Waals surface area contributed by atoms with E-state index in [1.54, 1.807) is 36.4 Å². The first kappa shape index (κ1) is 17.7. The lowest BCUT2D eigenvalue weighted by Crippen LogP contribution is -2.40. The van der Waals surface area contributed by atoms with Gasteiger partial charge in [-0.2, -0.15) is 0 Å². The van der Waals surface area contributed by atoms with E-state index < -0.39 is 5.97 Å². The van der Waals surface area contributed by atoms with E-state index >= 15 is 0 Å². The van der Waals surface area contributed by atoms with Gasteiger partial charge in [0.1, 0.15) is 0 Å². The number of carboxylic acids is 1. The van der Waals surface area contributed by atoms with Crippen molar-refractivity contribution < 1.29 is 19.4 Å². The topological polar surface area (TPSA) is 66.8 Å². The highest BCUT2D eigenvalue weighted by Gasteiger charge is 2.25. The van der Waals surface area contributed by atoms with E-state index in [0.717, 1.165) is 31.5 Å². The molecule has 5 nitrogen and oxygen atoms in total. The second-order valence-corrected chi connectivity index (χ2v) is 6.83. The molecule has 1 saturated carbocycles. The van der Waals surface area contributed by atoms with Gasteiger partial charge in [0.05, 0.1) is 17.8 Å². The number of nitrogens with zero attached hydrogens (tertiary/aromatic N) is 1. The Kier molecular flexibility index (Phi) is 5.87. The number of aromatic carboxylic acids is 1. The van der Waals surface area contributed by atoms with Crippen LogP contribution in [0.4, 0.5) is 0 Å². The molecule has 1 amide bonds. The lowest BCUT2D eigenvalue weighted by Gasteiger charge is -2.32. The highest BCUT2D eigenvalue weighted by molar-refractivity contribution is 5.92. The van der Waals surface area contributed by atoms with E-state index in [4.69, 9.17) is 9.84 Å². The fourth-order valence-corrected chi connectivity index (χ4v) is 3.52. The number of ether oxygens (including phenoxy) is 1. The van der Waals surface area contributed by atoms with Crippen LogP contribution in [-0.2, 0) is 9.53 Å². The maximum atomic E-state index is 12.3. The molecule has 0 unspecified atom stereocenters. The Hall–Kier alpha value is -2.14. The zero-order valence-electron chi connectivity index (χ0n) is 14.4. The van der Waals surface area contributed by atoms with Crippen molar-refractivity contribution in [3.63, 3.8) is 0 Å². The van der Waals surface area contributed by atoms with Gasteiger partial charge in [0, 0.05) is 19.2 Å². The number of likely N-dealkylation sites (tertiary alicyclic amines) is 1. The molecule has 0 radical (unpaired) electrons. The monoisotopic (exact) mass is 343 g/mol. The predicted molar refractivity (Wildman–Crippen MR) is 95.4 cm³/mol. The molecule has 1 aliphatic heterocycles. The summed E-state index contributed by atoms with van der Waals surface area (Å²) >= 11 is 0. The third-order valence-corrected chi connectivity index (χ3v) is 5.02. The Morgan fingerprint density at radius 1 is 1.00 bits per heavy atom. The van der Waals surface area contributed by atoms with E-state index in [2.05, 4.69) is 0 Å². The average molecular weight is 343 g/mol. The van der Waals surface area contributed by atoms with Crippen LogP contribution >= 0.6 is 0 Å². The van der Waals surface area contributed by atoms with Gasteiger partial charge >= 0.3 is 5.97 Å². The van der Waals surface area contributed by atoms with Gasteiger partial charge in [-0.1, -0.05) is 25.0 Å². The van der Waals surface area contributed by atoms with Gasteiger partial charge in [-0.05, 0) is 49.5 Å². The highest BCUT2D eigenvalue weighted by Crippen LogP contribution is 2.25. The molecule has 5 heteroatoms. The summed E-state index contributed by atoms with van der Waals surface area (Å²) < 4.78 is 6.14. The van der Waals surface area contributed by atoms with E-state index in [1.165, 1.54) is 25.7 Å². The maximum Gasteiger partial charge on any atom is 0.335 e. The number of rotatable bonds is 5. The van der Waals surface area contributed by atoms with Crippen LogP contribution in [0.1, 0.15) is 54.4 Å². The summed E-state index contributed by atoms with van der Waals surface area (Å²) in [5.74, 6) is -0.948. The van der Waals surface area contributed by atoms with Gasteiger partial charge in [-0.25, -0.2) is 4.79 Å². The van der Waals surface area contributed by atoms with E-state index in [-0.39, 0.29) is 11.5 Å². The molecule has 1 heterocycles. The van der Waals surface area contributed by atoms with Crippen molar-refractivity contribution in [2.75, 3.05) is 13.1 Å². The van der Waals surface area contributed by atoms with E-state index in [1.807, 2.05) is 4.90 Å². The minimum atomic E-state index is -0.950. The highest BCUT2D eigenvalue weighted by atomic mass is 16.5. The van der Waals surface area contributed by atoms with Gasteiger partial charge in [-0.3, -0.25) is 4.79 Å². The molecule has 25 heavy (non-hydrogen) atoms. The Labute approximate surface area is 148 Å². The molecule has 134 valence electrons. The third kappa shape index (κ3) is 4.92. The normalized spacial score (nSPS) is 19.6. The third-order valence-electron chi connectivity index (χ3n) is 5.02. The minimum Gasteiger partial charge on any atom is -0.478 e. The number of hydrogen-bond acceptors (Lipinski definition) is 3. The van der Waals surface area contributed by atoms with Crippen LogP contribution in [0.25, 0.3) is 6.08 Å².